The second kappa shape index (κ2) is 5.86. The summed E-state index contributed by atoms with van der Waals surface area (Å²) in [7, 11) is 0.240. The maximum atomic E-state index is 11.8. The number of halogens is 1. The molecule has 0 saturated heterocycles. The van der Waals surface area contributed by atoms with Gasteiger partial charge in [-0.3, -0.25) is 9.00 Å². The molecule has 88 valence electrons. The third-order valence-electron chi connectivity index (χ3n) is 1.99. The van der Waals surface area contributed by atoms with Crippen molar-refractivity contribution in [2.75, 3.05) is 18.5 Å². The predicted octanol–water partition coefficient (Wildman–Crippen LogP) is 1.17. The highest BCUT2D eigenvalue weighted by atomic mass is 35.5. The summed E-state index contributed by atoms with van der Waals surface area (Å²) in [5.74, 6) is 0.0939. The van der Waals surface area contributed by atoms with Gasteiger partial charge in [0, 0.05) is 24.9 Å². The van der Waals surface area contributed by atoms with E-state index in [4.69, 9.17) is 17.3 Å². The lowest BCUT2D eigenvalue weighted by Gasteiger charge is -2.05. The van der Waals surface area contributed by atoms with Crippen LogP contribution < -0.4 is 11.1 Å². The number of anilines is 1. The largest absolute Gasteiger partial charge is 0.399 e. The van der Waals surface area contributed by atoms with Crippen LogP contribution in [0.3, 0.4) is 0 Å². The fourth-order valence-electron chi connectivity index (χ4n) is 1.11. The summed E-state index contributed by atoms with van der Waals surface area (Å²) in [6, 6.07) is 4.81. The molecule has 1 aromatic carbocycles. The lowest BCUT2D eigenvalue weighted by Crippen LogP contribution is -2.19. The Hall–Kier alpha value is -1.07. The lowest BCUT2D eigenvalue weighted by molar-refractivity contribution is -0.120. The molecule has 1 unspecified atom stereocenters. The van der Waals surface area contributed by atoms with E-state index in [0.717, 1.165) is 0 Å². The Morgan fingerprint density at radius 2 is 2.25 bits per heavy atom. The van der Waals surface area contributed by atoms with E-state index >= 15 is 0 Å². The van der Waals surface area contributed by atoms with Crippen LogP contribution in [-0.2, 0) is 15.6 Å². The monoisotopic (exact) mass is 260 g/mol. The first kappa shape index (κ1) is 13.0. The zero-order valence-electron chi connectivity index (χ0n) is 8.83. The number of benzene rings is 1. The van der Waals surface area contributed by atoms with Gasteiger partial charge in [0.1, 0.15) is 0 Å². The molecular formula is C10H13ClN2O2S. The van der Waals surface area contributed by atoms with Crippen molar-refractivity contribution in [1.29, 1.82) is 0 Å². The van der Waals surface area contributed by atoms with Crippen molar-refractivity contribution < 1.29 is 9.00 Å². The minimum absolute atomic E-state index is 0.145. The van der Waals surface area contributed by atoms with Gasteiger partial charge < -0.3 is 11.1 Å². The van der Waals surface area contributed by atoms with Crippen LogP contribution in [0.5, 0.6) is 0 Å². The number of nitrogen functional groups attached to an aromatic ring is 1. The topological polar surface area (TPSA) is 72.2 Å². The average molecular weight is 261 g/mol. The third-order valence-corrected chi connectivity index (χ3v) is 3.84. The van der Waals surface area contributed by atoms with Gasteiger partial charge >= 0.3 is 0 Å². The molecule has 1 aromatic rings. The number of carbonyl (C=O) groups excluding carboxylic acids is 1. The van der Waals surface area contributed by atoms with Gasteiger partial charge in [-0.1, -0.05) is 11.6 Å². The summed E-state index contributed by atoms with van der Waals surface area (Å²) in [6.45, 7) is 0. The summed E-state index contributed by atoms with van der Waals surface area (Å²) in [5, 5.41) is 2.87. The molecule has 16 heavy (non-hydrogen) atoms. The van der Waals surface area contributed by atoms with Gasteiger partial charge in [-0.05, 0) is 18.2 Å². The molecule has 0 bridgehead atoms. The molecule has 3 N–H and O–H groups in total. The molecule has 1 rings (SSSR count). The minimum Gasteiger partial charge on any atom is -0.399 e. The second-order valence-corrected chi connectivity index (χ2v) is 5.11. The molecule has 0 aliphatic carbocycles. The summed E-state index contributed by atoms with van der Waals surface area (Å²) in [4.78, 5) is 11.5. The quantitative estimate of drug-likeness (QED) is 0.798. The van der Waals surface area contributed by atoms with Crippen LogP contribution in [0, 0.1) is 0 Å². The van der Waals surface area contributed by atoms with Crippen molar-refractivity contribution in [2.24, 2.45) is 0 Å². The Morgan fingerprint density at radius 3 is 2.88 bits per heavy atom. The van der Waals surface area contributed by atoms with Gasteiger partial charge in [-0.2, -0.15) is 0 Å². The number of nitrogens with two attached hydrogens (primary N) is 1. The van der Waals surface area contributed by atoms with Gasteiger partial charge in [-0.25, -0.2) is 0 Å². The third kappa shape index (κ3) is 3.50. The van der Waals surface area contributed by atoms with Gasteiger partial charge in [0.15, 0.2) is 0 Å². The molecular weight excluding hydrogens is 248 g/mol. The summed E-state index contributed by atoms with van der Waals surface area (Å²) >= 11 is 5.89. The first-order valence-electron chi connectivity index (χ1n) is 4.68. The molecule has 0 fully saturated rings. The first-order chi connectivity index (χ1) is 7.54. The predicted molar refractivity (Wildman–Crippen MR) is 65.8 cm³/mol. The van der Waals surface area contributed by atoms with Crippen LogP contribution >= 0.6 is 11.6 Å². The number of amides is 1. The SMILES string of the molecule is CNC(=O)CCS(=O)c1cc(N)ccc1Cl. The van der Waals surface area contributed by atoms with Crippen molar-refractivity contribution in [3.05, 3.63) is 23.2 Å². The lowest BCUT2D eigenvalue weighted by atomic mass is 10.3. The van der Waals surface area contributed by atoms with Gasteiger partial charge in [0.2, 0.25) is 5.91 Å². The van der Waals surface area contributed by atoms with Crippen molar-refractivity contribution in [1.82, 2.24) is 5.32 Å². The number of hydrogen-bond donors (Lipinski definition) is 2. The molecule has 0 radical (unpaired) electrons. The number of hydrogen-bond acceptors (Lipinski definition) is 3. The van der Waals surface area contributed by atoms with Crippen molar-refractivity contribution >= 4 is 34.0 Å². The molecule has 0 aliphatic heterocycles. The number of rotatable bonds is 4. The fourth-order valence-corrected chi connectivity index (χ4v) is 2.63. The summed E-state index contributed by atoms with van der Waals surface area (Å²) < 4.78 is 11.8. The summed E-state index contributed by atoms with van der Waals surface area (Å²) in [5.41, 5.74) is 6.08. The van der Waals surface area contributed by atoms with Crippen LogP contribution in [0.25, 0.3) is 0 Å². The molecule has 0 heterocycles. The second-order valence-electron chi connectivity index (χ2n) is 3.16. The fraction of sp³-hybridized carbons (Fsp3) is 0.300. The Morgan fingerprint density at radius 1 is 1.56 bits per heavy atom. The first-order valence-corrected chi connectivity index (χ1v) is 6.38. The van der Waals surface area contributed by atoms with Crippen LogP contribution in [0.4, 0.5) is 5.69 Å². The van der Waals surface area contributed by atoms with Crippen LogP contribution in [0.2, 0.25) is 5.02 Å². The highest BCUT2D eigenvalue weighted by molar-refractivity contribution is 7.85. The Kier molecular flexibility index (Phi) is 4.76. The number of carbonyl (C=O) groups is 1. The van der Waals surface area contributed by atoms with E-state index in [-0.39, 0.29) is 18.1 Å². The molecule has 1 atom stereocenters. The Labute approximate surface area is 102 Å². The molecule has 6 heteroatoms. The van der Waals surface area contributed by atoms with Gasteiger partial charge in [-0.15, -0.1) is 0 Å². The van der Waals surface area contributed by atoms with Crippen molar-refractivity contribution in [3.8, 4) is 0 Å². The molecule has 4 nitrogen and oxygen atoms in total. The van der Waals surface area contributed by atoms with E-state index in [1.54, 1.807) is 25.2 Å². The molecule has 0 saturated carbocycles. The van der Waals surface area contributed by atoms with E-state index in [9.17, 15) is 9.00 Å². The van der Waals surface area contributed by atoms with Crippen LogP contribution in [0.15, 0.2) is 23.1 Å². The zero-order valence-corrected chi connectivity index (χ0v) is 10.4. The molecule has 1 amide bonds. The van der Waals surface area contributed by atoms with E-state index in [1.165, 1.54) is 0 Å². The van der Waals surface area contributed by atoms with E-state index < -0.39 is 10.8 Å². The molecule has 0 spiro atoms. The Balaban J connectivity index is 2.73. The summed E-state index contributed by atoms with van der Waals surface area (Å²) in [6.07, 6.45) is 0.203. The number of nitrogens with one attached hydrogen (secondary N) is 1. The maximum absolute atomic E-state index is 11.8. The zero-order chi connectivity index (χ0) is 12.1. The molecule has 0 aromatic heterocycles. The smallest absolute Gasteiger partial charge is 0.220 e. The van der Waals surface area contributed by atoms with Crippen molar-refractivity contribution in [2.45, 2.75) is 11.3 Å². The van der Waals surface area contributed by atoms with Crippen LogP contribution in [-0.4, -0.2) is 22.9 Å². The minimum atomic E-state index is -1.30. The average Bonchev–Trinajstić information content (AvgIpc) is 2.28. The van der Waals surface area contributed by atoms with E-state index in [0.29, 0.717) is 15.6 Å². The molecule has 0 aliphatic rings. The van der Waals surface area contributed by atoms with Gasteiger partial charge in [0.25, 0.3) is 0 Å². The highest BCUT2D eigenvalue weighted by Gasteiger charge is 2.10. The van der Waals surface area contributed by atoms with E-state index in [1.807, 2.05) is 0 Å². The van der Waals surface area contributed by atoms with E-state index in [2.05, 4.69) is 5.32 Å². The van der Waals surface area contributed by atoms with Gasteiger partial charge in [0.05, 0.1) is 20.7 Å². The normalized spacial score (nSPS) is 12.1. The standard InChI is InChI=1S/C10H13ClN2O2S/c1-13-10(14)4-5-16(15)9-6-7(12)2-3-8(9)11/h2-3,6H,4-5,12H2,1H3,(H,13,14). The van der Waals surface area contributed by atoms with Crippen LogP contribution in [0.1, 0.15) is 6.42 Å². The van der Waals surface area contributed by atoms with Crippen molar-refractivity contribution in [3.63, 3.8) is 0 Å². The highest BCUT2D eigenvalue weighted by Crippen LogP contribution is 2.22. The Bertz CT molecular complexity index is 423. The maximum Gasteiger partial charge on any atom is 0.220 e.